The molecule has 23 heavy (non-hydrogen) atoms. The van der Waals surface area contributed by atoms with Crippen LogP contribution in [0.1, 0.15) is 30.0 Å². The average molecular weight is 330 g/mol. The van der Waals surface area contributed by atoms with Gasteiger partial charge in [-0.1, -0.05) is 6.07 Å². The van der Waals surface area contributed by atoms with Gasteiger partial charge in [-0.25, -0.2) is 9.97 Å². The summed E-state index contributed by atoms with van der Waals surface area (Å²) in [4.78, 5) is 26.6. The van der Waals surface area contributed by atoms with Crippen LogP contribution in [0, 0.1) is 0 Å². The summed E-state index contributed by atoms with van der Waals surface area (Å²) in [6.07, 6.45) is 4.54. The second-order valence-electron chi connectivity index (χ2n) is 6.04. The maximum Gasteiger partial charge on any atom is 0.230 e. The Labute approximate surface area is 141 Å². The third-order valence-corrected chi connectivity index (χ3v) is 5.50. The standard InChI is InChI=1S/C17H22N4OS/c1-13(15-5-3-10-23-15)17(22)21-9-6-14(11-21)20(2)12-16-18-7-4-8-19-16/h3-5,7-8,10,13-14H,6,9,11-12H2,1-2H3/t13-,14+/m1/s1. The molecule has 6 heteroatoms. The number of amides is 1. The third-order valence-electron chi connectivity index (χ3n) is 4.45. The molecular formula is C17H22N4OS. The van der Waals surface area contributed by atoms with Gasteiger partial charge in [0.05, 0.1) is 12.5 Å². The van der Waals surface area contributed by atoms with Gasteiger partial charge in [0, 0.05) is 36.4 Å². The molecule has 0 N–H and O–H groups in total. The summed E-state index contributed by atoms with van der Waals surface area (Å²) < 4.78 is 0. The van der Waals surface area contributed by atoms with Crippen molar-refractivity contribution >= 4 is 17.2 Å². The Morgan fingerprint density at radius 3 is 2.91 bits per heavy atom. The van der Waals surface area contributed by atoms with E-state index in [1.807, 2.05) is 35.4 Å². The first-order chi connectivity index (χ1) is 11.1. The van der Waals surface area contributed by atoms with E-state index in [2.05, 4.69) is 21.9 Å². The molecule has 1 aliphatic heterocycles. The van der Waals surface area contributed by atoms with Crippen molar-refractivity contribution in [2.75, 3.05) is 20.1 Å². The molecule has 3 heterocycles. The van der Waals surface area contributed by atoms with Gasteiger partial charge >= 0.3 is 0 Å². The van der Waals surface area contributed by atoms with Gasteiger partial charge in [0.15, 0.2) is 0 Å². The molecule has 3 rings (SSSR count). The van der Waals surface area contributed by atoms with Crippen LogP contribution in [0.3, 0.4) is 0 Å². The number of thiophene rings is 1. The van der Waals surface area contributed by atoms with Crippen molar-refractivity contribution in [1.82, 2.24) is 19.8 Å². The van der Waals surface area contributed by atoms with Gasteiger partial charge in [-0.15, -0.1) is 11.3 Å². The molecular weight excluding hydrogens is 308 g/mol. The number of carbonyl (C=O) groups is 1. The molecule has 0 bridgehead atoms. The van der Waals surface area contributed by atoms with E-state index in [4.69, 9.17) is 0 Å². The van der Waals surface area contributed by atoms with E-state index in [9.17, 15) is 4.79 Å². The van der Waals surface area contributed by atoms with E-state index in [-0.39, 0.29) is 11.8 Å². The quantitative estimate of drug-likeness (QED) is 0.844. The van der Waals surface area contributed by atoms with Crippen molar-refractivity contribution in [2.45, 2.75) is 31.8 Å². The molecule has 1 fully saturated rings. The lowest BCUT2D eigenvalue weighted by Gasteiger charge is -2.25. The molecule has 2 aromatic rings. The topological polar surface area (TPSA) is 49.3 Å². The summed E-state index contributed by atoms with van der Waals surface area (Å²) >= 11 is 1.65. The van der Waals surface area contributed by atoms with Crippen molar-refractivity contribution in [3.8, 4) is 0 Å². The molecule has 5 nitrogen and oxygen atoms in total. The molecule has 0 radical (unpaired) electrons. The number of aromatic nitrogens is 2. The van der Waals surface area contributed by atoms with Crippen LogP contribution in [0.15, 0.2) is 36.0 Å². The Morgan fingerprint density at radius 2 is 2.22 bits per heavy atom. The van der Waals surface area contributed by atoms with Gasteiger partial charge < -0.3 is 4.90 Å². The Kier molecular flexibility index (Phi) is 5.03. The van der Waals surface area contributed by atoms with E-state index in [1.165, 1.54) is 0 Å². The van der Waals surface area contributed by atoms with E-state index in [1.54, 1.807) is 23.7 Å². The number of rotatable bonds is 5. The average Bonchev–Trinajstić information content (AvgIpc) is 3.26. The van der Waals surface area contributed by atoms with Crippen LogP contribution in [-0.2, 0) is 11.3 Å². The summed E-state index contributed by atoms with van der Waals surface area (Å²) in [6, 6.07) is 6.24. The fraction of sp³-hybridized carbons (Fsp3) is 0.471. The van der Waals surface area contributed by atoms with Crippen molar-refractivity contribution in [2.24, 2.45) is 0 Å². The zero-order valence-corrected chi connectivity index (χ0v) is 14.4. The highest BCUT2D eigenvalue weighted by Gasteiger charge is 2.31. The molecule has 0 aromatic carbocycles. The summed E-state index contributed by atoms with van der Waals surface area (Å²) in [6.45, 7) is 4.34. The summed E-state index contributed by atoms with van der Waals surface area (Å²) in [7, 11) is 2.08. The fourth-order valence-corrected chi connectivity index (χ4v) is 3.78. The molecule has 0 aliphatic carbocycles. The first-order valence-electron chi connectivity index (χ1n) is 7.93. The van der Waals surface area contributed by atoms with Crippen molar-refractivity contribution in [3.63, 3.8) is 0 Å². The zero-order valence-electron chi connectivity index (χ0n) is 13.6. The predicted octanol–water partition coefficient (Wildman–Crippen LogP) is 2.37. The smallest absolute Gasteiger partial charge is 0.230 e. The van der Waals surface area contributed by atoms with Gasteiger partial charge in [0.1, 0.15) is 5.82 Å². The minimum atomic E-state index is -0.0449. The summed E-state index contributed by atoms with van der Waals surface area (Å²) in [5, 5.41) is 2.03. The predicted molar refractivity (Wildman–Crippen MR) is 91.2 cm³/mol. The van der Waals surface area contributed by atoms with E-state index < -0.39 is 0 Å². The number of likely N-dealkylation sites (N-methyl/N-ethyl adjacent to an activating group) is 1. The second-order valence-corrected chi connectivity index (χ2v) is 7.02. The number of nitrogens with zero attached hydrogens (tertiary/aromatic N) is 4. The second kappa shape index (κ2) is 7.19. The largest absolute Gasteiger partial charge is 0.341 e. The molecule has 122 valence electrons. The van der Waals surface area contributed by atoms with E-state index in [0.29, 0.717) is 12.6 Å². The van der Waals surface area contributed by atoms with Gasteiger partial charge in [0.2, 0.25) is 5.91 Å². The SMILES string of the molecule is C[C@@H](C(=O)N1CC[C@H](N(C)Cc2ncccn2)C1)c1cccs1. The number of carbonyl (C=O) groups excluding carboxylic acids is 1. The first-order valence-corrected chi connectivity index (χ1v) is 8.81. The minimum Gasteiger partial charge on any atom is -0.341 e. The van der Waals surface area contributed by atoms with Gasteiger partial charge in [-0.2, -0.15) is 0 Å². The van der Waals surface area contributed by atoms with Crippen molar-refractivity contribution in [1.29, 1.82) is 0 Å². The highest BCUT2D eigenvalue weighted by Crippen LogP contribution is 2.25. The van der Waals surface area contributed by atoms with Crippen LogP contribution >= 0.6 is 11.3 Å². The Morgan fingerprint density at radius 1 is 1.43 bits per heavy atom. The molecule has 2 aromatic heterocycles. The van der Waals surface area contributed by atoms with Crippen LogP contribution in [0.4, 0.5) is 0 Å². The Balaban J connectivity index is 1.56. The Bertz CT molecular complexity index is 631. The van der Waals surface area contributed by atoms with E-state index >= 15 is 0 Å². The maximum atomic E-state index is 12.7. The highest BCUT2D eigenvalue weighted by atomic mass is 32.1. The van der Waals surface area contributed by atoms with Gasteiger partial charge in [0.25, 0.3) is 0 Å². The molecule has 2 atom stereocenters. The third kappa shape index (κ3) is 3.76. The molecule has 1 saturated heterocycles. The van der Waals surface area contributed by atoms with Crippen LogP contribution in [0.25, 0.3) is 0 Å². The number of hydrogen-bond acceptors (Lipinski definition) is 5. The van der Waals surface area contributed by atoms with Crippen LogP contribution in [0.5, 0.6) is 0 Å². The summed E-state index contributed by atoms with van der Waals surface area (Å²) in [5.41, 5.74) is 0. The van der Waals surface area contributed by atoms with Crippen LogP contribution in [-0.4, -0.2) is 51.9 Å². The van der Waals surface area contributed by atoms with Gasteiger partial charge in [-0.3, -0.25) is 9.69 Å². The van der Waals surface area contributed by atoms with Gasteiger partial charge in [-0.05, 0) is 37.9 Å². The summed E-state index contributed by atoms with van der Waals surface area (Å²) in [5.74, 6) is 1.02. The first kappa shape index (κ1) is 16.1. The normalized spacial score (nSPS) is 19.3. The zero-order chi connectivity index (χ0) is 16.2. The molecule has 1 aliphatic rings. The number of likely N-dealkylation sites (tertiary alicyclic amines) is 1. The maximum absolute atomic E-state index is 12.7. The molecule has 0 unspecified atom stereocenters. The lowest BCUT2D eigenvalue weighted by Crippen LogP contribution is -2.37. The fourth-order valence-electron chi connectivity index (χ4n) is 3.00. The van der Waals surface area contributed by atoms with Crippen molar-refractivity contribution < 1.29 is 4.79 Å². The number of hydrogen-bond donors (Lipinski definition) is 0. The monoisotopic (exact) mass is 330 g/mol. The minimum absolute atomic E-state index is 0.0449. The molecule has 0 spiro atoms. The molecule has 0 saturated carbocycles. The Hall–Kier alpha value is -1.79. The van der Waals surface area contributed by atoms with E-state index in [0.717, 1.165) is 30.2 Å². The van der Waals surface area contributed by atoms with Crippen LogP contribution in [0.2, 0.25) is 0 Å². The highest BCUT2D eigenvalue weighted by molar-refractivity contribution is 7.10. The van der Waals surface area contributed by atoms with Crippen LogP contribution < -0.4 is 0 Å². The lowest BCUT2D eigenvalue weighted by molar-refractivity contribution is -0.131. The lowest BCUT2D eigenvalue weighted by atomic mass is 10.1. The van der Waals surface area contributed by atoms with Crippen molar-refractivity contribution in [3.05, 3.63) is 46.7 Å². The molecule has 1 amide bonds.